The first-order valence-corrected chi connectivity index (χ1v) is 6.59. The molecule has 1 heterocycles. The average molecular weight is 282 g/mol. The summed E-state index contributed by atoms with van der Waals surface area (Å²) in [4.78, 5) is 25.8. The zero-order valence-corrected chi connectivity index (χ0v) is 11.5. The van der Waals surface area contributed by atoms with Gasteiger partial charge in [-0.1, -0.05) is 24.3 Å². The third-order valence-corrected chi connectivity index (χ3v) is 3.38. The van der Waals surface area contributed by atoms with E-state index in [-0.39, 0.29) is 5.91 Å². The third-order valence-electron chi connectivity index (χ3n) is 3.38. The minimum Gasteiger partial charge on any atom is -0.408 e. The van der Waals surface area contributed by atoms with Crippen molar-refractivity contribution in [3.05, 3.63) is 69.7 Å². The van der Waals surface area contributed by atoms with Crippen LogP contribution in [0.1, 0.15) is 21.5 Å². The van der Waals surface area contributed by atoms with E-state index in [1.165, 1.54) is 0 Å². The maximum atomic E-state index is 12.1. The van der Waals surface area contributed by atoms with E-state index in [1.807, 2.05) is 31.2 Å². The van der Waals surface area contributed by atoms with Crippen LogP contribution in [0.5, 0.6) is 0 Å². The van der Waals surface area contributed by atoms with Gasteiger partial charge in [0.2, 0.25) is 0 Å². The summed E-state index contributed by atoms with van der Waals surface area (Å²) in [5.41, 5.74) is 3.61. The molecule has 3 aromatic rings. The Morgan fingerprint density at radius 3 is 2.86 bits per heavy atom. The number of aromatic nitrogens is 1. The molecule has 106 valence electrons. The number of hydrogen-bond donors (Lipinski definition) is 2. The van der Waals surface area contributed by atoms with Crippen molar-refractivity contribution in [2.24, 2.45) is 0 Å². The van der Waals surface area contributed by atoms with Gasteiger partial charge in [-0.2, -0.15) is 0 Å². The minimum absolute atomic E-state index is 0.205. The number of benzene rings is 2. The molecule has 0 aliphatic carbocycles. The summed E-state index contributed by atoms with van der Waals surface area (Å²) >= 11 is 0. The zero-order valence-electron chi connectivity index (χ0n) is 11.5. The van der Waals surface area contributed by atoms with Gasteiger partial charge in [0.05, 0.1) is 5.52 Å². The van der Waals surface area contributed by atoms with Crippen LogP contribution in [-0.4, -0.2) is 10.9 Å². The normalized spacial score (nSPS) is 10.7. The summed E-state index contributed by atoms with van der Waals surface area (Å²) < 4.78 is 4.95. The lowest BCUT2D eigenvalue weighted by atomic mass is 10.1. The molecule has 1 aromatic heterocycles. The van der Waals surface area contributed by atoms with Gasteiger partial charge in [0.1, 0.15) is 0 Å². The van der Waals surface area contributed by atoms with E-state index in [4.69, 9.17) is 4.42 Å². The standard InChI is InChI=1S/C16H14N2O3/c1-10-4-2-3-5-12(10)9-17-15(19)11-6-7-13-14(8-11)21-16(20)18-13/h2-8H,9H2,1H3,(H,17,19)(H,18,20). The first kappa shape index (κ1) is 13.2. The highest BCUT2D eigenvalue weighted by Gasteiger charge is 2.09. The Hall–Kier alpha value is -2.82. The van der Waals surface area contributed by atoms with Crippen LogP contribution in [0.2, 0.25) is 0 Å². The maximum Gasteiger partial charge on any atom is 0.417 e. The molecule has 0 spiro atoms. The predicted molar refractivity (Wildman–Crippen MR) is 79.2 cm³/mol. The highest BCUT2D eigenvalue weighted by atomic mass is 16.4. The number of amides is 1. The molecule has 0 bridgehead atoms. The second-order valence-electron chi connectivity index (χ2n) is 4.83. The van der Waals surface area contributed by atoms with Gasteiger partial charge in [-0.3, -0.25) is 9.78 Å². The quantitative estimate of drug-likeness (QED) is 0.774. The number of oxazole rings is 1. The summed E-state index contributed by atoms with van der Waals surface area (Å²) in [6.07, 6.45) is 0. The molecule has 0 aliphatic rings. The Morgan fingerprint density at radius 2 is 2.05 bits per heavy atom. The molecule has 0 atom stereocenters. The largest absolute Gasteiger partial charge is 0.417 e. The third kappa shape index (κ3) is 2.72. The Bertz CT molecular complexity index is 861. The fraction of sp³-hybridized carbons (Fsp3) is 0.125. The number of fused-ring (bicyclic) bond motifs is 1. The van der Waals surface area contributed by atoms with E-state index in [0.29, 0.717) is 23.2 Å². The number of nitrogens with one attached hydrogen (secondary N) is 2. The Labute approximate surface area is 120 Å². The van der Waals surface area contributed by atoms with Crippen LogP contribution in [0, 0.1) is 6.92 Å². The molecule has 0 saturated carbocycles. The van der Waals surface area contributed by atoms with Crippen LogP contribution in [0.25, 0.3) is 11.1 Å². The first-order chi connectivity index (χ1) is 10.1. The van der Waals surface area contributed by atoms with Gasteiger partial charge in [0.25, 0.3) is 5.91 Å². The molecule has 2 N–H and O–H groups in total. The number of aryl methyl sites for hydroxylation is 1. The van der Waals surface area contributed by atoms with Crippen molar-refractivity contribution in [2.75, 3.05) is 0 Å². The molecular formula is C16H14N2O3. The van der Waals surface area contributed by atoms with Crippen LogP contribution < -0.4 is 11.1 Å². The van der Waals surface area contributed by atoms with E-state index in [0.717, 1.165) is 11.1 Å². The van der Waals surface area contributed by atoms with Gasteiger partial charge in [-0.05, 0) is 36.2 Å². The Balaban J connectivity index is 1.77. The van der Waals surface area contributed by atoms with Crippen molar-refractivity contribution >= 4 is 17.0 Å². The number of hydrogen-bond acceptors (Lipinski definition) is 3. The van der Waals surface area contributed by atoms with Crippen molar-refractivity contribution < 1.29 is 9.21 Å². The summed E-state index contributed by atoms with van der Waals surface area (Å²) in [5.74, 6) is -0.730. The molecule has 3 rings (SSSR count). The van der Waals surface area contributed by atoms with Crippen molar-refractivity contribution in [3.63, 3.8) is 0 Å². The van der Waals surface area contributed by atoms with Gasteiger partial charge < -0.3 is 9.73 Å². The molecule has 21 heavy (non-hydrogen) atoms. The highest BCUT2D eigenvalue weighted by molar-refractivity contribution is 5.96. The summed E-state index contributed by atoms with van der Waals surface area (Å²) in [5, 5.41) is 2.86. The maximum absolute atomic E-state index is 12.1. The van der Waals surface area contributed by atoms with Crippen LogP contribution in [-0.2, 0) is 6.54 Å². The van der Waals surface area contributed by atoms with Crippen molar-refractivity contribution in [1.82, 2.24) is 10.3 Å². The van der Waals surface area contributed by atoms with Crippen LogP contribution in [0.4, 0.5) is 0 Å². The van der Waals surface area contributed by atoms with Crippen molar-refractivity contribution in [3.8, 4) is 0 Å². The zero-order chi connectivity index (χ0) is 14.8. The number of H-pyrrole nitrogens is 1. The smallest absolute Gasteiger partial charge is 0.408 e. The molecule has 0 unspecified atom stereocenters. The number of rotatable bonds is 3. The first-order valence-electron chi connectivity index (χ1n) is 6.59. The summed E-state index contributed by atoms with van der Waals surface area (Å²) in [6, 6.07) is 12.7. The van der Waals surface area contributed by atoms with E-state index in [9.17, 15) is 9.59 Å². The van der Waals surface area contributed by atoms with Crippen LogP contribution in [0.3, 0.4) is 0 Å². The number of carbonyl (C=O) groups is 1. The fourth-order valence-corrected chi connectivity index (χ4v) is 2.17. The Morgan fingerprint density at radius 1 is 1.24 bits per heavy atom. The lowest BCUT2D eigenvalue weighted by Crippen LogP contribution is -2.23. The molecule has 2 aromatic carbocycles. The van der Waals surface area contributed by atoms with Crippen molar-refractivity contribution in [2.45, 2.75) is 13.5 Å². The van der Waals surface area contributed by atoms with Gasteiger partial charge in [-0.15, -0.1) is 0 Å². The lowest BCUT2D eigenvalue weighted by Gasteiger charge is -2.07. The molecule has 0 radical (unpaired) electrons. The fourth-order valence-electron chi connectivity index (χ4n) is 2.17. The Kier molecular flexibility index (Phi) is 3.31. The minimum atomic E-state index is -0.525. The SMILES string of the molecule is Cc1ccccc1CNC(=O)c1ccc2[nH]c(=O)oc2c1. The molecule has 0 fully saturated rings. The van der Waals surface area contributed by atoms with Gasteiger partial charge in [-0.25, -0.2) is 4.79 Å². The van der Waals surface area contributed by atoms with Gasteiger partial charge in [0, 0.05) is 12.1 Å². The summed E-state index contributed by atoms with van der Waals surface area (Å²) in [7, 11) is 0. The second kappa shape index (κ2) is 5.28. The van der Waals surface area contributed by atoms with E-state index in [1.54, 1.807) is 18.2 Å². The number of aromatic amines is 1. The van der Waals surface area contributed by atoms with Gasteiger partial charge >= 0.3 is 5.76 Å². The molecule has 1 amide bonds. The van der Waals surface area contributed by atoms with Gasteiger partial charge in [0.15, 0.2) is 5.58 Å². The van der Waals surface area contributed by atoms with Crippen LogP contribution in [0.15, 0.2) is 51.7 Å². The molecular weight excluding hydrogens is 268 g/mol. The number of carbonyl (C=O) groups excluding carboxylic acids is 1. The monoisotopic (exact) mass is 282 g/mol. The molecule has 5 nitrogen and oxygen atoms in total. The second-order valence-corrected chi connectivity index (χ2v) is 4.83. The van der Waals surface area contributed by atoms with E-state index < -0.39 is 5.76 Å². The van der Waals surface area contributed by atoms with Crippen molar-refractivity contribution in [1.29, 1.82) is 0 Å². The lowest BCUT2D eigenvalue weighted by molar-refractivity contribution is 0.0951. The highest BCUT2D eigenvalue weighted by Crippen LogP contribution is 2.13. The van der Waals surface area contributed by atoms with E-state index in [2.05, 4.69) is 10.3 Å². The predicted octanol–water partition coefficient (Wildman–Crippen LogP) is 2.36. The van der Waals surface area contributed by atoms with E-state index >= 15 is 0 Å². The molecule has 5 heteroatoms. The summed E-state index contributed by atoms with van der Waals surface area (Å²) in [6.45, 7) is 2.46. The average Bonchev–Trinajstić information content (AvgIpc) is 2.85. The molecule has 0 saturated heterocycles. The molecule has 0 aliphatic heterocycles. The topological polar surface area (TPSA) is 75.1 Å². The van der Waals surface area contributed by atoms with Crippen LogP contribution >= 0.6 is 0 Å².